The smallest absolute Gasteiger partial charge is 0.408 e. The maximum Gasteiger partial charge on any atom is 0.419 e. The lowest BCUT2D eigenvalue weighted by atomic mass is 9.91. The van der Waals surface area contributed by atoms with Gasteiger partial charge in [-0.3, -0.25) is 24.8 Å². The van der Waals surface area contributed by atoms with Crippen LogP contribution in [0.1, 0.15) is 29.5 Å². The number of fused-ring (bicyclic) bond motifs is 3. The number of carbonyl (C=O) groups is 2. The monoisotopic (exact) mass is 852 g/mol. The number of nitriles is 3. The number of oxazole rings is 1. The van der Waals surface area contributed by atoms with E-state index in [9.17, 15) is 24.9 Å². The summed E-state index contributed by atoms with van der Waals surface area (Å²) in [4.78, 5) is 38.9. The summed E-state index contributed by atoms with van der Waals surface area (Å²) >= 11 is 0. The molecule has 0 radical (unpaired) electrons. The van der Waals surface area contributed by atoms with Gasteiger partial charge in [0.2, 0.25) is 11.8 Å². The predicted molar refractivity (Wildman–Crippen MR) is 223 cm³/mol. The Morgan fingerprint density at radius 2 is 1.21 bits per heavy atom. The third-order valence-corrected chi connectivity index (χ3v) is 12.9. The molecule has 4 N–H and O–H groups in total. The second kappa shape index (κ2) is 17.2. The largest absolute Gasteiger partial charge is 0.419 e. The van der Waals surface area contributed by atoms with E-state index in [1.54, 1.807) is 73.8 Å². The molecule has 5 aromatic rings. The first-order valence-electron chi connectivity index (χ1n) is 20.8. The van der Waals surface area contributed by atoms with Crippen LogP contribution >= 0.6 is 0 Å². The Morgan fingerprint density at radius 3 is 1.70 bits per heavy atom. The standard InChI is InChI=1S/C47H42F2N8O6/c1-57-39-18-28(10-11-40(39)63-47(57)60)27-7-9-30(36(49)15-27)13-34(21-52)54-46(59)38-17-32-23-62-44(42(32)56-38)43-41-31(22-61-43)16-37(55-41)45(58)53-33(20-51)12-29-8-6-26(14-35(29)48)25-4-2-24(19-50)3-5-25/h2-11,14-15,18,31-34,37-38,41-44,55-56H,12-13,16-17,22-23H2,1H3,(H,53,58)(H,54,59). The lowest BCUT2D eigenvalue weighted by molar-refractivity contribution is -0.124. The van der Waals surface area contributed by atoms with Crippen molar-refractivity contribution in [3.8, 4) is 40.5 Å². The average molecular weight is 853 g/mol. The van der Waals surface area contributed by atoms with Gasteiger partial charge in [-0.15, -0.1) is 0 Å². The number of aromatic nitrogens is 1. The summed E-state index contributed by atoms with van der Waals surface area (Å²) in [6.07, 6.45) is 0.0297. The van der Waals surface area contributed by atoms with Crippen molar-refractivity contribution in [3.05, 3.63) is 118 Å². The summed E-state index contributed by atoms with van der Waals surface area (Å²) in [7, 11) is 1.59. The van der Waals surface area contributed by atoms with E-state index in [-0.39, 0.29) is 59.7 Å². The molecule has 9 rings (SSSR count). The first-order chi connectivity index (χ1) is 30.5. The Balaban J connectivity index is 0.774. The van der Waals surface area contributed by atoms with Crippen molar-refractivity contribution in [3.63, 3.8) is 0 Å². The number of rotatable bonds is 11. The van der Waals surface area contributed by atoms with Crippen LogP contribution in [0.2, 0.25) is 0 Å². The molecule has 4 fully saturated rings. The molecule has 1 aromatic heterocycles. The highest BCUT2D eigenvalue weighted by Crippen LogP contribution is 2.40. The number of carbonyl (C=O) groups excluding carboxylic acids is 2. The molecule has 10 unspecified atom stereocenters. The van der Waals surface area contributed by atoms with Crippen LogP contribution in [0.3, 0.4) is 0 Å². The second-order valence-electron chi connectivity index (χ2n) is 16.8. The Labute approximate surface area is 360 Å². The fraction of sp³-hybridized carbons (Fsp3) is 0.362. The first kappa shape index (κ1) is 41.6. The van der Waals surface area contributed by atoms with E-state index in [0.29, 0.717) is 59.4 Å². The van der Waals surface area contributed by atoms with Crippen molar-refractivity contribution in [2.75, 3.05) is 13.2 Å². The minimum absolute atomic E-state index is 0.00179. The molecule has 4 aliphatic rings. The number of hydrogen-bond acceptors (Lipinski definition) is 11. The summed E-state index contributed by atoms with van der Waals surface area (Å²) in [5.74, 6) is -2.27. The normalized spacial score (nSPS) is 25.7. The van der Waals surface area contributed by atoms with Crippen LogP contribution < -0.4 is 27.0 Å². The average Bonchev–Trinajstić information content (AvgIpc) is 4.13. The number of amides is 2. The summed E-state index contributed by atoms with van der Waals surface area (Å²) in [6.45, 7) is 0.791. The van der Waals surface area contributed by atoms with Crippen molar-refractivity contribution in [1.82, 2.24) is 25.8 Å². The summed E-state index contributed by atoms with van der Waals surface area (Å²) in [6, 6.07) is 23.9. The van der Waals surface area contributed by atoms with Gasteiger partial charge in [0.15, 0.2) is 5.58 Å². The molecule has 4 aromatic carbocycles. The van der Waals surface area contributed by atoms with E-state index in [1.165, 1.54) is 16.7 Å². The zero-order valence-corrected chi connectivity index (χ0v) is 34.0. The molecule has 0 spiro atoms. The van der Waals surface area contributed by atoms with Crippen molar-refractivity contribution in [2.24, 2.45) is 18.9 Å². The van der Waals surface area contributed by atoms with Gasteiger partial charge in [0.1, 0.15) is 35.9 Å². The Bertz CT molecular complexity index is 2790. The topological polar surface area (TPSA) is 207 Å². The highest BCUT2D eigenvalue weighted by Gasteiger charge is 2.56. The number of ether oxygens (including phenoxy) is 2. The van der Waals surface area contributed by atoms with E-state index >= 15 is 8.78 Å². The van der Waals surface area contributed by atoms with Gasteiger partial charge in [-0.25, -0.2) is 13.6 Å². The molecule has 320 valence electrons. The lowest BCUT2D eigenvalue weighted by Crippen LogP contribution is -2.55. The zero-order chi connectivity index (χ0) is 43.9. The summed E-state index contributed by atoms with van der Waals surface area (Å²) in [5, 5.41) is 41.3. The minimum Gasteiger partial charge on any atom is -0.408 e. The first-order valence-corrected chi connectivity index (χ1v) is 20.8. The number of benzene rings is 4. The van der Waals surface area contributed by atoms with Crippen LogP contribution in [0.15, 0.2) is 88.1 Å². The van der Waals surface area contributed by atoms with Gasteiger partial charge in [0, 0.05) is 43.8 Å². The Kier molecular flexibility index (Phi) is 11.4. The maximum atomic E-state index is 15.4. The molecule has 14 nitrogen and oxygen atoms in total. The molecule has 2 amide bonds. The quantitative estimate of drug-likeness (QED) is 0.150. The number of hydrogen-bond donors (Lipinski definition) is 4. The molecule has 16 heteroatoms. The van der Waals surface area contributed by atoms with Crippen molar-refractivity contribution < 1.29 is 32.3 Å². The predicted octanol–water partition coefficient (Wildman–Crippen LogP) is 3.91. The van der Waals surface area contributed by atoms with Crippen LogP contribution in [0.4, 0.5) is 8.78 Å². The number of aryl methyl sites for hydroxylation is 1. The fourth-order valence-corrected chi connectivity index (χ4v) is 9.55. The van der Waals surface area contributed by atoms with E-state index in [0.717, 1.165) is 5.56 Å². The second-order valence-corrected chi connectivity index (χ2v) is 16.8. The third-order valence-electron chi connectivity index (χ3n) is 12.9. The van der Waals surface area contributed by atoms with Crippen LogP contribution in [-0.4, -0.2) is 78.1 Å². The molecule has 0 saturated carbocycles. The molecular weight excluding hydrogens is 811 g/mol. The van der Waals surface area contributed by atoms with Crippen LogP contribution in [0.5, 0.6) is 0 Å². The number of nitrogens with zero attached hydrogens (tertiary/aromatic N) is 4. The fourth-order valence-electron chi connectivity index (χ4n) is 9.55. The summed E-state index contributed by atoms with van der Waals surface area (Å²) in [5.41, 5.74) is 4.67. The highest BCUT2D eigenvalue weighted by atomic mass is 19.1. The SMILES string of the molecule is Cn1c(=O)oc2ccc(-c3ccc(CC(C#N)NC(=O)C4CC5COC(C6OCC7CC(C(=O)NC(C#N)Cc8ccc(-c9ccc(C#N)cc9)cc8F)NC76)C5N4)c(F)c3)cc21. The Hall–Kier alpha value is -6.74. The molecule has 0 aliphatic carbocycles. The van der Waals surface area contributed by atoms with Gasteiger partial charge < -0.3 is 24.5 Å². The van der Waals surface area contributed by atoms with Crippen LogP contribution in [0, 0.1) is 57.5 Å². The van der Waals surface area contributed by atoms with Gasteiger partial charge in [-0.2, -0.15) is 15.8 Å². The number of nitrogens with one attached hydrogen (secondary N) is 4. The van der Waals surface area contributed by atoms with Gasteiger partial charge in [0.25, 0.3) is 0 Å². The molecule has 63 heavy (non-hydrogen) atoms. The molecule has 0 bridgehead atoms. The van der Waals surface area contributed by atoms with Crippen molar-refractivity contribution in [1.29, 1.82) is 15.8 Å². The minimum atomic E-state index is -0.992. The van der Waals surface area contributed by atoms with E-state index in [1.807, 2.05) is 0 Å². The van der Waals surface area contributed by atoms with Gasteiger partial charge in [-0.05, 0) is 82.6 Å². The highest BCUT2D eigenvalue weighted by molar-refractivity contribution is 5.84. The van der Waals surface area contributed by atoms with E-state index in [2.05, 4.69) is 39.5 Å². The zero-order valence-electron chi connectivity index (χ0n) is 34.0. The third kappa shape index (κ3) is 8.20. The van der Waals surface area contributed by atoms with Crippen molar-refractivity contribution >= 4 is 22.9 Å². The van der Waals surface area contributed by atoms with E-state index in [4.69, 9.17) is 19.2 Å². The Morgan fingerprint density at radius 1 is 0.730 bits per heavy atom. The molecule has 5 heterocycles. The van der Waals surface area contributed by atoms with Gasteiger partial charge in [0.05, 0.1) is 54.6 Å². The van der Waals surface area contributed by atoms with Crippen molar-refractivity contribution in [2.45, 2.75) is 74.1 Å². The van der Waals surface area contributed by atoms with E-state index < -0.39 is 53.8 Å². The van der Waals surface area contributed by atoms with Crippen LogP contribution in [-0.2, 0) is 39.0 Å². The van der Waals surface area contributed by atoms with Crippen LogP contribution in [0.25, 0.3) is 33.4 Å². The molecule has 4 saturated heterocycles. The molecular formula is C47H42F2N8O6. The number of halogens is 2. The molecule has 10 atom stereocenters. The summed E-state index contributed by atoms with van der Waals surface area (Å²) < 4.78 is 49.7. The molecule has 4 aliphatic heterocycles. The van der Waals surface area contributed by atoms with Gasteiger partial charge >= 0.3 is 5.76 Å². The maximum absolute atomic E-state index is 15.4. The van der Waals surface area contributed by atoms with Gasteiger partial charge in [-0.1, -0.05) is 42.5 Å². The lowest BCUT2D eigenvalue weighted by Gasteiger charge is -2.29.